The van der Waals surface area contributed by atoms with Crippen LogP contribution in [0.5, 0.6) is 0 Å². The average molecular weight is 378 g/mol. The summed E-state index contributed by atoms with van der Waals surface area (Å²) >= 11 is 0. The van der Waals surface area contributed by atoms with E-state index in [-0.39, 0.29) is 13.2 Å². The average Bonchev–Trinajstić information content (AvgIpc) is 3.11. The minimum Gasteiger partial charge on any atom is -0.392 e. The first kappa shape index (κ1) is 17.9. The fourth-order valence-electron chi connectivity index (χ4n) is 4.74. The van der Waals surface area contributed by atoms with Crippen molar-refractivity contribution in [1.29, 1.82) is 0 Å². The van der Waals surface area contributed by atoms with Gasteiger partial charge in [0.15, 0.2) is 0 Å². The van der Waals surface area contributed by atoms with E-state index in [4.69, 9.17) is 0 Å². The summed E-state index contributed by atoms with van der Waals surface area (Å²) < 4.78 is 0. The van der Waals surface area contributed by atoms with Gasteiger partial charge in [-0.15, -0.1) is 0 Å². The first-order chi connectivity index (χ1) is 14.3. The Morgan fingerprint density at radius 3 is 1.24 bits per heavy atom. The van der Waals surface area contributed by atoms with Crippen molar-refractivity contribution < 1.29 is 10.2 Å². The molecule has 0 saturated heterocycles. The highest BCUT2D eigenvalue weighted by Gasteiger charge is 2.45. The second-order valence-electron chi connectivity index (χ2n) is 7.55. The molecule has 0 amide bonds. The fourth-order valence-corrected chi connectivity index (χ4v) is 4.74. The Kier molecular flexibility index (Phi) is 4.31. The Bertz CT molecular complexity index is 1060. The number of aliphatic hydroxyl groups excluding tert-OH is 2. The van der Waals surface area contributed by atoms with Gasteiger partial charge in [0.05, 0.1) is 18.6 Å². The molecule has 0 aliphatic heterocycles. The van der Waals surface area contributed by atoms with E-state index in [1.165, 1.54) is 33.4 Å². The molecule has 0 fully saturated rings. The van der Waals surface area contributed by atoms with E-state index < -0.39 is 5.41 Å². The van der Waals surface area contributed by atoms with Crippen molar-refractivity contribution in [2.75, 3.05) is 0 Å². The van der Waals surface area contributed by atoms with E-state index in [0.717, 1.165) is 11.1 Å². The fraction of sp³-hybridized carbons (Fsp3) is 0.111. The molecular weight excluding hydrogens is 356 g/mol. The first-order valence-electron chi connectivity index (χ1n) is 9.89. The molecule has 0 saturated carbocycles. The molecule has 0 bridgehead atoms. The summed E-state index contributed by atoms with van der Waals surface area (Å²) in [4.78, 5) is 0. The van der Waals surface area contributed by atoms with Gasteiger partial charge in [-0.05, 0) is 44.5 Å². The van der Waals surface area contributed by atoms with Crippen LogP contribution in [0.2, 0.25) is 0 Å². The van der Waals surface area contributed by atoms with E-state index in [1.54, 1.807) is 0 Å². The quantitative estimate of drug-likeness (QED) is 0.460. The van der Waals surface area contributed by atoms with Crippen molar-refractivity contribution in [2.45, 2.75) is 18.6 Å². The molecule has 142 valence electrons. The van der Waals surface area contributed by atoms with Crippen molar-refractivity contribution in [3.8, 4) is 11.1 Å². The molecule has 0 aromatic heterocycles. The Balaban J connectivity index is 1.88. The van der Waals surface area contributed by atoms with Crippen LogP contribution in [-0.2, 0) is 18.6 Å². The van der Waals surface area contributed by atoms with Crippen molar-refractivity contribution in [3.63, 3.8) is 0 Å². The summed E-state index contributed by atoms with van der Waals surface area (Å²) in [5.74, 6) is 0. The Morgan fingerprint density at radius 1 is 0.483 bits per heavy atom. The molecule has 1 aliphatic carbocycles. The van der Waals surface area contributed by atoms with Gasteiger partial charge in [0.1, 0.15) is 0 Å². The molecule has 0 unspecified atom stereocenters. The lowest BCUT2D eigenvalue weighted by atomic mass is 9.67. The Labute approximate surface area is 170 Å². The van der Waals surface area contributed by atoms with Gasteiger partial charge in [-0.1, -0.05) is 97.1 Å². The number of fused-ring (bicyclic) bond motifs is 3. The lowest BCUT2D eigenvalue weighted by Gasteiger charge is -2.34. The van der Waals surface area contributed by atoms with Gasteiger partial charge in [-0.25, -0.2) is 0 Å². The van der Waals surface area contributed by atoms with Crippen LogP contribution in [-0.4, -0.2) is 10.2 Å². The third kappa shape index (κ3) is 2.57. The number of hydrogen-bond donors (Lipinski definition) is 2. The van der Waals surface area contributed by atoms with Crippen LogP contribution in [0.25, 0.3) is 11.1 Å². The zero-order valence-corrected chi connectivity index (χ0v) is 16.0. The summed E-state index contributed by atoms with van der Waals surface area (Å²) in [6.07, 6.45) is 0. The highest BCUT2D eigenvalue weighted by molar-refractivity contribution is 5.86. The minimum absolute atomic E-state index is 0.0334. The molecule has 2 heteroatoms. The van der Waals surface area contributed by atoms with Crippen LogP contribution in [0.1, 0.15) is 33.4 Å². The topological polar surface area (TPSA) is 40.5 Å². The molecule has 0 radical (unpaired) electrons. The standard InChI is InChI=1S/C27H22O2/c28-17-19-9-13-21(14-10-19)27(22-15-11-20(18-29)12-16-22)25-7-3-1-5-23(25)24-6-2-4-8-26(24)27/h1-16,28-29H,17-18H2. The third-order valence-corrected chi connectivity index (χ3v) is 6.09. The maximum Gasteiger partial charge on any atom is 0.0713 e. The second-order valence-corrected chi connectivity index (χ2v) is 7.55. The molecule has 0 spiro atoms. The van der Waals surface area contributed by atoms with Gasteiger partial charge in [0, 0.05) is 0 Å². The van der Waals surface area contributed by atoms with Crippen molar-refractivity contribution in [1.82, 2.24) is 0 Å². The summed E-state index contributed by atoms with van der Waals surface area (Å²) in [6.45, 7) is 0.0668. The highest BCUT2D eigenvalue weighted by Crippen LogP contribution is 2.55. The van der Waals surface area contributed by atoms with Gasteiger partial charge >= 0.3 is 0 Å². The van der Waals surface area contributed by atoms with Crippen molar-refractivity contribution in [2.24, 2.45) is 0 Å². The van der Waals surface area contributed by atoms with Crippen LogP contribution in [0.4, 0.5) is 0 Å². The predicted octanol–water partition coefficient (Wildman–Crippen LogP) is 5.03. The monoisotopic (exact) mass is 378 g/mol. The smallest absolute Gasteiger partial charge is 0.0713 e. The van der Waals surface area contributed by atoms with Crippen molar-refractivity contribution in [3.05, 3.63) is 130 Å². The molecule has 2 N–H and O–H groups in total. The maximum absolute atomic E-state index is 9.52. The van der Waals surface area contributed by atoms with Gasteiger partial charge in [-0.3, -0.25) is 0 Å². The second kappa shape index (κ2) is 7.00. The summed E-state index contributed by atoms with van der Waals surface area (Å²) in [7, 11) is 0. The van der Waals surface area contributed by atoms with Crippen LogP contribution in [0.15, 0.2) is 97.1 Å². The molecule has 29 heavy (non-hydrogen) atoms. The Hall–Kier alpha value is -3.20. The van der Waals surface area contributed by atoms with Crippen LogP contribution in [0, 0.1) is 0 Å². The van der Waals surface area contributed by atoms with E-state index in [1.807, 2.05) is 24.3 Å². The molecule has 2 nitrogen and oxygen atoms in total. The van der Waals surface area contributed by atoms with E-state index in [0.29, 0.717) is 0 Å². The van der Waals surface area contributed by atoms with Crippen LogP contribution >= 0.6 is 0 Å². The van der Waals surface area contributed by atoms with Gasteiger partial charge in [-0.2, -0.15) is 0 Å². The van der Waals surface area contributed by atoms with E-state index >= 15 is 0 Å². The molecular formula is C27H22O2. The van der Waals surface area contributed by atoms with E-state index in [9.17, 15) is 10.2 Å². The lowest BCUT2D eigenvalue weighted by molar-refractivity contribution is 0.281. The molecule has 4 aromatic carbocycles. The summed E-state index contributed by atoms with van der Waals surface area (Å²) in [6, 6.07) is 33.7. The van der Waals surface area contributed by atoms with Gasteiger partial charge in [0.25, 0.3) is 0 Å². The maximum atomic E-state index is 9.52. The molecule has 4 aromatic rings. The number of aliphatic hydroxyl groups is 2. The number of hydrogen-bond acceptors (Lipinski definition) is 2. The van der Waals surface area contributed by atoms with Crippen LogP contribution < -0.4 is 0 Å². The van der Waals surface area contributed by atoms with Crippen molar-refractivity contribution >= 4 is 0 Å². The van der Waals surface area contributed by atoms with Gasteiger partial charge < -0.3 is 10.2 Å². The SMILES string of the molecule is OCc1ccc(C2(c3ccc(CO)cc3)c3ccccc3-c3ccccc32)cc1. The number of benzene rings is 4. The molecule has 0 atom stereocenters. The number of rotatable bonds is 4. The molecule has 5 rings (SSSR count). The molecule has 1 aliphatic rings. The normalized spacial score (nSPS) is 13.7. The summed E-state index contributed by atoms with van der Waals surface area (Å²) in [5.41, 5.74) is 8.73. The predicted molar refractivity (Wildman–Crippen MR) is 116 cm³/mol. The largest absolute Gasteiger partial charge is 0.392 e. The molecule has 0 heterocycles. The first-order valence-corrected chi connectivity index (χ1v) is 9.89. The Morgan fingerprint density at radius 2 is 0.862 bits per heavy atom. The highest BCUT2D eigenvalue weighted by atomic mass is 16.3. The lowest BCUT2D eigenvalue weighted by Crippen LogP contribution is -2.28. The van der Waals surface area contributed by atoms with Gasteiger partial charge in [0.2, 0.25) is 0 Å². The zero-order chi connectivity index (χ0) is 19.8. The summed E-state index contributed by atoms with van der Waals surface area (Å²) in [5, 5.41) is 19.0. The zero-order valence-electron chi connectivity index (χ0n) is 16.0. The minimum atomic E-state index is -0.435. The van der Waals surface area contributed by atoms with E-state index in [2.05, 4.69) is 72.8 Å². The van der Waals surface area contributed by atoms with Crippen LogP contribution in [0.3, 0.4) is 0 Å². The third-order valence-electron chi connectivity index (χ3n) is 6.09.